The summed E-state index contributed by atoms with van der Waals surface area (Å²) in [4.78, 5) is 26.3. The average Bonchev–Trinajstić information content (AvgIpc) is 2.49. The van der Waals surface area contributed by atoms with Crippen molar-refractivity contribution in [2.45, 2.75) is 32.7 Å². The summed E-state index contributed by atoms with van der Waals surface area (Å²) in [5, 5.41) is 3.58. The Labute approximate surface area is 149 Å². The van der Waals surface area contributed by atoms with Crippen LogP contribution in [0.2, 0.25) is 5.02 Å². The minimum atomic E-state index is -0.0417. The minimum absolute atomic E-state index is 0.0182. The number of nitrogens with one attached hydrogen (secondary N) is 1. The molecule has 1 aliphatic heterocycles. The number of nitrogens with zero attached hydrogens (tertiary/aromatic N) is 1. The summed E-state index contributed by atoms with van der Waals surface area (Å²) in [6.07, 6.45) is 1.81. The monoisotopic (exact) mass is 434 g/mol. The maximum absolute atomic E-state index is 12.7. The number of hydrogen-bond acceptors (Lipinski definition) is 2. The average molecular weight is 435 g/mol. The van der Waals surface area contributed by atoms with E-state index in [-0.39, 0.29) is 23.8 Å². The van der Waals surface area contributed by atoms with E-state index in [0.29, 0.717) is 17.1 Å². The third-order valence-corrected chi connectivity index (χ3v) is 4.91. The molecule has 1 aromatic carbocycles. The number of carbonyl (C=O) groups excluding carboxylic acids is 2. The molecule has 1 fully saturated rings. The molecule has 1 aromatic rings. The highest BCUT2D eigenvalue weighted by atomic mass is 127. The van der Waals surface area contributed by atoms with Crippen molar-refractivity contribution in [3.63, 3.8) is 0 Å². The number of benzene rings is 1. The predicted octanol–water partition coefficient (Wildman–Crippen LogP) is 3.32. The molecule has 1 aliphatic rings. The summed E-state index contributed by atoms with van der Waals surface area (Å²) >= 11 is 8.15. The second-order valence-electron chi connectivity index (χ2n) is 5.88. The predicted molar refractivity (Wildman–Crippen MR) is 96.1 cm³/mol. The fourth-order valence-electron chi connectivity index (χ4n) is 2.48. The highest BCUT2D eigenvalue weighted by Gasteiger charge is 2.27. The molecule has 0 bridgehead atoms. The normalized spacial score (nSPS) is 18.4. The van der Waals surface area contributed by atoms with Crippen LogP contribution in [-0.2, 0) is 4.79 Å². The number of piperidine rings is 1. The lowest BCUT2D eigenvalue weighted by Gasteiger charge is -2.33. The Morgan fingerprint density at radius 1 is 1.41 bits per heavy atom. The Morgan fingerprint density at radius 3 is 2.82 bits per heavy atom. The topological polar surface area (TPSA) is 49.4 Å². The van der Waals surface area contributed by atoms with Gasteiger partial charge in [0, 0.05) is 33.6 Å². The fourth-order valence-corrected chi connectivity index (χ4v) is 3.22. The summed E-state index contributed by atoms with van der Waals surface area (Å²) in [5.74, 6) is -0.0213. The summed E-state index contributed by atoms with van der Waals surface area (Å²) < 4.78 is 0.889. The SMILES string of the molecule is CC(C)C(=O)NC1CCCN(C(=O)c2cc(Cl)ccc2I)C1. The van der Waals surface area contributed by atoms with Crippen LogP contribution in [0.25, 0.3) is 0 Å². The van der Waals surface area contributed by atoms with E-state index in [4.69, 9.17) is 11.6 Å². The van der Waals surface area contributed by atoms with Crippen LogP contribution in [0, 0.1) is 9.49 Å². The first-order valence-corrected chi connectivity index (χ1v) is 8.89. The Balaban J connectivity index is 2.07. The molecule has 22 heavy (non-hydrogen) atoms. The lowest BCUT2D eigenvalue weighted by Crippen LogP contribution is -2.50. The van der Waals surface area contributed by atoms with Crippen molar-refractivity contribution < 1.29 is 9.59 Å². The van der Waals surface area contributed by atoms with Gasteiger partial charge in [-0.2, -0.15) is 0 Å². The van der Waals surface area contributed by atoms with Gasteiger partial charge in [-0.05, 0) is 53.6 Å². The van der Waals surface area contributed by atoms with Crippen LogP contribution in [0.1, 0.15) is 37.0 Å². The second kappa shape index (κ2) is 7.64. The van der Waals surface area contributed by atoms with E-state index in [2.05, 4.69) is 27.9 Å². The van der Waals surface area contributed by atoms with E-state index in [1.807, 2.05) is 24.8 Å². The first-order chi connectivity index (χ1) is 10.4. The molecule has 1 heterocycles. The van der Waals surface area contributed by atoms with Crippen molar-refractivity contribution in [3.8, 4) is 0 Å². The summed E-state index contributed by atoms with van der Waals surface area (Å²) in [6, 6.07) is 5.37. The molecule has 2 rings (SSSR count). The third-order valence-electron chi connectivity index (χ3n) is 3.74. The van der Waals surface area contributed by atoms with Crippen LogP contribution >= 0.6 is 34.2 Å². The van der Waals surface area contributed by atoms with Gasteiger partial charge in [-0.1, -0.05) is 25.4 Å². The van der Waals surface area contributed by atoms with Crippen LogP contribution in [0.4, 0.5) is 0 Å². The zero-order chi connectivity index (χ0) is 16.3. The standard InChI is InChI=1S/C16H20ClIN2O2/c1-10(2)15(21)19-12-4-3-7-20(9-12)16(22)13-8-11(17)5-6-14(13)18/h5-6,8,10,12H,3-4,7,9H2,1-2H3,(H,19,21). The summed E-state index contributed by atoms with van der Waals surface area (Å²) in [6.45, 7) is 5.01. The molecule has 1 N–H and O–H groups in total. The Kier molecular flexibility index (Phi) is 6.09. The van der Waals surface area contributed by atoms with Crippen LogP contribution < -0.4 is 5.32 Å². The molecule has 0 spiro atoms. The number of carbonyl (C=O) groups is 2. The van der Waals surface area contributed by atoms with E-state index in [1.54, 1.807) is 12.1 Å². The van der Waals surface area contributed by atoms with Gasteiger partial charge in [0.15, 0.2) is 0 Å². The highest BCUT2D eigenvalue weighted by molar-refractivity contribution is 14.1. The van der Waals surface area contributed by atoms with E-state index >= 15 is 0 Å². The van der Waals surface area contributed by atoms with Crippen molar-refractivity contribution in [3.05, 3.63) is 32.4 Å². The molecule has 0 aliphatic carbocycles. The molecule has 4 nitrogen and oxygen atoms in total. The van der Waals surface area contributed by atoms with Crippen molar-refractivity contribution in [2.24, 2.45) is 5.92 Å². The smallest absolute Gasteiger partial charge is 0.255 e. The van der Waals surface area contributed by atoms with Crippen LogP contribution in [0.15, 0.2) is 18.2 Å². The Bertz CT molecular complexity index is 577. The quantitative estimate of drug-likeness (QED) is 0.742. The third kappa shape index (κ3) is 4.35. The maximum Gasteiger partial charge on any atom is 0.255 e. The van der Waals surface area contributed by atoms with Crippen molar-refractivity contribution in [1.82, 2.24) is 10.2 Å². The van der Waals surface area contributed by atoms with Gasteiger partial charge in [-0.3, -0.25) is 9.59 Å². The lowest BCUT2D eigenvalue weighted by molar-refractivity contribution is -0.125. The van der Waals surface area contributed by atoms with Crippen molar-refractivity contribution in [1.29, 1.82) is 0 Å². The minimum Gasteiger partial charge on any atom is -0.351 e. The van der Waals surface area contributed by atoms with E-state index < -0.39 is 0 Å². The van der Waals surface area contributed by atoms with Gasteiger partial charge in [0.1, 0.15) is 0 Å². The molecule has 2 amide bonds. The largest absolute Gasteiger partial charge is 0.351 e. The molecule has 0 radical (unpaired) electrons. The molecule has 1 atom stereocenters. The number of amides is 2. The van der Waals surface area contributed by atoms with Gasteiger partial charge in [-0.15, -0.1) is 0 Å². The number of halogens is 2. The molecule has 120 valence electrons. The molecule has 1 saturated heterocycles. The molecular weight excluding hydrogens is 415 g/mol. The zero-order valence-corrected chi connectivity index (χ0v) is 15.6. The van der Waals surface area contributed by atoms with Gasteiger partial charge in [0.25, 0.3) is 5.91 Å². The zero-order valence-electron chi connectivity index (χ0n) is 12.7. The van der Waals surface area contributed by atoms with Gasteiger partial charge in [-0.25, -0.2) is 0 Å². The first kappa shape index (κ1) is 17.5. The summed E-state index contributed by atoms with van der Waals surface area (Å²) in [7, 11) is 0. The van der Waals surface area contributed by atoms with Crippen LogP contribution in [0.3, 0.4) is 0 Å². The van der Waals surface area contributed by atoms with Gasteiger partial charge in [0.2, 0.25) is 5.91 Å². The van der Waals surface area contributed by atoms with Gasteiger partial charge >= 0.3 is 0 Å². The van der Waals surface area contributed by atoms with Crippen LogP contribution in [0.5, 0.6) is 0 Å². The number of rotatable bonds is 3. The molecule has 6 heteroatoms. The number of likely N-dealkylation sites (tertiary alicyclic amines) is 1. The van der Waals surface area contributed by atoms with E-state index in [9.17, 15) is 9.59 Å². The Hall–Kier alpha value is -0.820. The Morgan fingerprint density at radius 2 is 2.14 bits per heavy atom. The highest BCUT2D eigenvalue weighted by Crippen LogP contribution is 2.21. The van der Waals surface area contributed by atoms with E-state index in [1.165, 1.54) is 0 Å². The van der Waals surface area contributed by atoms with Crippen LogP contribution in [-0.4, -0.2) is 35.8 Å². The first-order valence-electron chi connectivity index (χ1n) is 7.43. The molecular formula is C16H20ClIN2O2. The number of hydrogen-bond donors (Lipinski definition) is 1. The van der Waals surface area contributed by atoms with Gasteiger partial charge < -0.3 is 10.2 Å². The van der Waals surface area contributed by atoms with Crippen molar-refractivity contribution in [2.75, 3.05) is 13.1 Å². The lowest BCUT2D eigenvalue weighted by atomic mass is 10.0. The second-order valence-corrected chi connectivity index (χ2v) is 7.48. The summed E-state index contributed by atoms with van der Waals surface area (Å²) in [5.41, 5.74) is 0.629. The van der Waals surface area contributed by atoms with Gasteiger partial charge in [0.05, 0.1) is 5.56 Å². The van der Waals surface area contributed by atoms with Crippen molar-refractivity contribution >= 4 is 46.0 Å². The fraction of sp³-hybridized carbons (Fsp3) is 0.500. The molecule has 1 unspecified atom stereocenters. The molecule has 0 saturated carbocycles. The maximum atomic E-state index is 12.7. The molecule has 0 aromatic heterocycles. The van der Waals surface area contributed by atoms with E-state index in [0.717, 1.165) is 23.0 Å².